The van der Waals surface area contributed by atoms with Gasteiger partial charge in [0.05, 0.1) is 34.9 Å². The molecule has 3 aromatic rings. The minimum Gasteiger partial charge on any atom is -0.448 e. The molecule has 39 heavy (non-hydrogen) atoms. The average Bonchev–Trinajstić information content (AvgIpc) is 3.13. The fourth-order valence-corrected chi connectivity index (χ4v) is 6.04. The summed E-state index contributed by atoms with van der Waals surface area (Å²) in [6.45, 7) is 0. The van der Waals surface area contributed by atoms with Gasteiger partial charge >= 0.3 is 11.9 Å². The van der Waals surface area contributed by atoms with E-state index in [1.165, 1.54) is 47.4 Å². The van der Waals surface area contributed by atoms with Gasteiger partial charge in [-0.05, 0) is 79.9 Å². The van der Waals surface area contributed by atoms with E-state index in [-0.39, 0.29) is 29.6 Å². The van der Waals surface area contributed by atoms with Gasteiger partial charge in [-0.1, -0.05) is 24.0 Å². The first kappa shape index (κ1) is 28.7. The number of rotatable bonds is 6. The summed E-state index contributed by atoms with van der Waals surface area (Å²) >= 11 is 12.9. The topological polar surface area (TPSA) is 116 Å². The van der Waals surface area contributed by atoms with Crippen molar-refractivity contribution in [3.05, 3.63) is 99.8 Å². The van der Waals surface area contributed by atoms with Crippen LogP contribution in [0.2, 0.25) is 0 Å². The average molecular weight is 705 g/mol. The number of halogens is 5. The van der Waals surface area contributed by atoms with Crippen LogP contribution < -0.4 is 9.64 Å². The van der Waals surface area contributed by atoms with Crippen LogP contribution in [0.25, 0.3) is 6.08 Å². The Labute approximate surface area is 243 Å². The summed E-state index contributed by atoms with van der Waals surface area (Å²) in [4.78, 5) is 35.3. The van der Waals surface area contributed by atoms with Crippen LogP contribution in [-0.2, 0) is 11.0 Å². The molecule has 0 spiro atoms. The Morgan fingerprint density at radius 1 is 0.974 bits per heavy atom. The minimum absolute atomic E-state index is 0.0495. The number of non-ortho nitro benzene ring substituents is 1. The van der Waals surface area contributed by atoms with Crippen LogP contribution >= 0.6 is 55.8 Å². The lowest BCUT2D eigenvalue weighted by molar-refractivity contribution is -0.385. The van der Waals surface area contributed by atoms with Crippen LogP contribution in [0.1, 0.15) is 11.1 Å². The number of amides is 1. The monoisotopic (exact) mass is 703 g/mol. The van der Waals surface area contributed by atoms with Crippen molar-refractivity contribution in [1.82, 2.24) is 0 Å². The van der Waals surface area contributed by atoms with Gasteiger partial charge in [-0.25, -0.2) is 0 Å². The number of thioether (sulfide) groups is 1. The van der Waals surface area contributed by atoms with E-state index < -0.39 is 38.9 Å². The Morgan fingerprint density at radius 3 is 2.13 bits per heavy atom. The molecule has 0 saturated carbocycles. The van der Waals surface area contributed by atoms with E-state index in [1.807, 2.05) is 0 Å². The van der Waals surface area contributed by atoms with E-state index in [0.717, 1.165) is 17.8 Å². The maximum Gasteiger partial charge on any atom is 0.416 e. The van der Waals surface area contributed by atoms with E-state index in [1.54, 1.807) is 0 Å². The molecule has 0 bridgehead atoms. The predicted octanol–water partition coefficient (Wildman–Crippen LogP) is 8.24. The number of ether oxygens (including phenoxy) is 1. The van der Waals surface area contributed by atoms with Crippen LogP contribution in [0.3, 0.4) is 0 Å². The van der Waals surface area contributed by atoms with Crippen molar-refractivity contribution in [2.45, 2.75) is 6.18 Å². The molecule has 1 aliphatic heterocycles. The normalized spacial score (nSPS) is 14.7. The largest absolute Gasteiger partial charge is 0.448 e. The fourth-order valence-electron chi connectivity index (χ4n) is 3.36. The van der Waals surface area contributed by atoms with Crippen LogP contribution in [0, 0.1) is 20.2 Å². The molecule has 200 valence electrons. The second-order valence-electron chi connectivity index (χ2n) is 7.64. The van der Waals surface area contributed by atoms with Crippen LogP contribution in [0.5, 0.6) is 11.5 Å². The Kier molecular flexibility index (Phi) is 8.11. The van der Waals surface area contributed by atoms with E-state index in [4.69, 9.17) is 17.0 Å². The zero-order valence-corrected chi connectivity index (χ0v) is 23.6. The molecule has 0 aromatic heterocycles. The molecule has 16 heteroatoms. The van der Waals surface area contributed by atoms with Crippen molar-refractivity contribution in [1.29, 1.82) is 0 Å². The number of nitro groups is 2. The zero-order valence-electron chi connectivity index (χ0n) is 18.8. The minimum atomic E-state index is -4.77. The van der Waals surface area contributed by atoms with Crippen molar-refractivity contribution in [3.8, 4) is 11.5 Å². The first-order valence-corrected chi connectivity index (χ1v) is 13.1. The molecular formula is C23H10Br2F3N3O6S2. The summed E-state index contributed by atoms with van der Waals surface area (Å²) in [6.07, 6.45) is -3.24. The number of benzene rings is 3. The van der Waals surface area contributed by atoms with Crippen LogP contribution in [-0.4, -0.2) is 20.1 Å². The Balaban J connectivity index is 1.61. The summed E-state index contributed by atoms with van der Waals surface area (Å²) < 4.78 is 45.4. The van der Waals surface area contributed by atoms with E-state index in [0.29, 0.717) is 23.4 Å². The number of nitrogens with zero attached hydrogens (tertiary/aromatic N) is 3. The third-order valence-electron chi connectivity index (χ3n) is 5.13. The predicted molar refractivity (Wildman–Crippen MR) is 149 cm³/mol. The molecule has 1 fully saturated rings. The molecule has 9 nitrogen and oxygen atoms in total. The smallest absolute Gasteiger partial charge is 0.416 e. The third kappa shape index (κ3) is 6.13. The number of anilines is 1. The molecule has 0 N–H and O–H groups in total. The first-order chi connectivity index (χ1) is 18.3. The van der Waals surface area contributed by atoms with Crippen molar-refractivity contribution in [2.75, 3.05) is 4.90 Å². The summed E-state index contributed by atoms with van der Waals surface area (Å²) in [6, 6.07) is 10.3. The molecule has 1 heterocycles. The highest BCUT2D eigenvalue weighted by Crippen LogP contribution is 2.43. The maximum atomic E-state index is 13.0. The maximum absolute atomic E-state index is 13.0. The highest BCUT2D eigenvalue weighted by molar-refractivity contribution is 9.11. The Bertz CT molecular complexity index is 1560. The molecule has 0 aliphatic carbocycles. The van der Waals surface area contributed by atoms with Gasteiger partial charge in [-0.3, -0.25) is 29.9 Å². The highest BCUT2D eigenvalue weighted by Gasteiger charge is 2.35. The van der Waals surface area contributed by atoms with E-state index in [9.17, 15) is 38.2 Å². The molecule has 1 aliphatic rings. The number of hydrogen-bond donors (Lipinski definition) is 0. The van der Waals surface area contributed by atoms with Crippen molar-refractivity contribution in [2.24, 2.45) is 0 Å². The number of hydrogen-bond acceptors (Lipinski definition) is 8. The molecule has 4 rings (SSSR count). The van der Waals surface area contributed by atoms with Crippen LogP contribution in [0.4, 0.5) is 30.2 Å². The number of carbonyl (C=O) groups excluding carboxylic acids is 1. The second kappa shape index (κ2) is 11.0. The molecule has 1 saturated heterocycles. The van der Waals surface area contributed by atoms with Gasteiger partial charge in [0.25, 0.3) is 11.6 Å². The second-order valence-corrected chi connectivity index (χ2v) is 11.0. The van der Waals surface area contributed by atoms with Gasteiger partial charge in [0.15, 0.2) is 10.1 Å². The quantitative estimate of drug-likeness (QED) is 0.109. The third-order valence-corrected chi connectivity index (χ3v) is 7.61. The molecule has 1 amide bonds. The van der Waals surface area contributed by atoms with Gasteiger partial charge in [-0.15, -0.1) is 0 Å². The molecule has 0 atom stereocenters. The van der Waals surface area contributed by atoms with Gasteiger partial charge < -0.3 is 4.74 Å². The van der Waals surface area contributed by atoms with Crippen molar-refractivity contribution >= 4 is 89.2 Å². The molecule has 0 radical (unpaired) electrons. The lowest BCUT2D eigenvalue weighted by atomic mass is 10.1. The van der Waals surface area contributed by atoms with Gasteiger partial charge in [0.1, 0.15) is 0 Å². The lowest BCUT2D eigenvalue weighted by Crippen LogP contribution is -2.27. The number of alkyl halides is 3. The Morgan fingerprint density at radius 2 is 1.59 bits per heavy atom. The standard InChI is InChI=1S/C23H10Br2F3N3O6S2/c24-15-7-11(9-19-21(32)29(22(38)39-19)13-2-4-14(5-3-13)30(33)34)8-16(25)20(15)37-18-6-1-12(23(26,27)28)10-17(18)31(35)36/h1-10H/b19-9+. The van der Waals surface area contributed by atoms with E-state index in [2.05, 4.69) is 31.9 Å². The number of nitro benzene ring substituents is 2. The van der Waals surface area contributed by atoms with Crippen molar-refractivity contribution < 1.29 is 32.5 Å². The first-order valence-electron chi connectivity index (χ1n) is 10.3. The van der Waals surface area contributed by atoms with Crippen molar-refractivity contribution in [3.63, 3.8) is 0 Å². The van der Waals surface area contributed by atoms with E-state index >= 15 is 0 Å². The summed E-state index contributed by atoms with van der Waals surface area (Å²) in [5.41, 5.74) is -1.36. The molecular weight excluding hydrogens is 695 g/mol. The van der Waals surface area contributed by atoms with Gasteiger partial charge in [0, 0.05) is 18.2 Å². The SMILES string of the molecule is O=C1/C(=C\c2cc(Br)c(Oc3ccc(C(F)(F)F)cc3[N+](=O)[O-])c(Br)c2)SC(=S)N1c1ccc([N+](=O)[O-])cc1. The zero-order chi connectivity index (χ0) is 28.6. The molecule has 0 unspecified atom stereocenters. The number of thiocarbonyl (C=S) groups is 1. The Hall–Kier alpha value is -3.34. The number of carbonyl (C=O) groups is 1. The van der Waals surface area contributed by atoms with Crippen LogP contribution in [0.15, 0.2) is 68.4 Å². The summed E-state index contributed by atoms with van der Waals surface area (Å²) in [5, 5.41) is 22.3. The highest BCUT2D eigenvalue weighted by atomic mass is 79.9. The van der Waals surface area contributed by atoms with Gasteiger partial charge in [0.2, 0.25) is 5.75 Å². The molecule has 3 aromatic carbocycles. The summed E-state index contributed by atoms with van der Waals surface area (Å²) in [5.74, 6) is -0.814. The van der Waals surface area contributed by atoms with Gasteiger partial charge in [-0.2, -0.15) is 13.2 Å². The lowest BCUT2D eigenvalue weighted by Gasteiger charge is -2.14. The fraction of sp³-hybridized carbons (Fsp3) is 0.0435. The summed E-state index contributed by atoms with van der Waals surface area (Å²) in [7, 11) is 0.